The first-order valence-corrected chi connectivity index (χ1v) is 6.19. The molecule has 1 aliphatic heterocycles. The van der Waals surface area contributed by atoms with Gasteiger partial charge in [-0.15, -0.1) is 0 Å². The van der Waals surface area contributed by atoms with Crippen molar-refractivity contribution in [3.63, 3.8) is 0 Å². The first-order chi connectivity index (χ1) is 8.43. The third-order valence-electron chi connectivity index (χ3n) is 3.59. The van der Waals surface area contributed by atoms with Gasteiger partial charge >= 0.3 is 0 Å². The lowest BCUT2D eigenvalue weighted by molar-refractivity contribution is -0.138. The Hall–Kier alpha value is -1.30. The molecule has 0 atom stereocenters. The molecule has 6 heteroatoms. The van der Waals surface area contributed by atoms with Crippen LogP contribution in [-0.2, 0) is 9.53 Å². The van der Waals surface area contributed by atoms with E-state index in [0.29, 0.717) is 19.0 Å². The molecule has 0 bridgehead atoms. The summed E-state index contributed by atoms with van der Waals surface area (Å²) < 4.78 is 5.12. The lowest BCUT2D eigenvalue weighted by Crippen LogP contribution is -2.50. The normalized spacial score (nSPS) is 19.1. The maximum atomic E-state index is 12.3. The molecule has 6 nitrogen and oxygen atoms in total. The molecular weight excluding hydrogens is 234 g/mol. The molecule has 1 rings (SSSR count). The summed E-state index contributed by atoms with van der Waals surface area (Å²) in [6.45, 7) is 5.49. The van der Waals surface area contributed by atoms with E-state index in [0.717, 1.165) is 19.4 Å². The van der Waals surface area contributed by atoms with Crippen molar-refractivity contribution >= 4 is 11.7 Å². The summed E-state index contributed by atoms with van der Waals surface area (Å²) in [6, 6.07) is 0. The monoisotopic (exact) mass is 257 g/mol. The van der Waals surface area contributed by atoms with Gasteiger partial charge in [0.15, 0.2) is 5.84 Å². The molecule has 0 spiro atoms. The lowest BCUT2D eigenvalue weighted by Gasteiger charge is -2.36. The first kappa shape index (κ1) is 14.8. The molecule has 1 saturated heterocycles. The molecule has 1 heterocycles. The van der Waals surface area contributed by atoms with Crippen molar-refractivity contribution in [1.82, 2.24) is 4.90 Å². The van der Waals surface area contributed by atoms with Gasteiger partial charge in [-0.05, 0) is 32.6 Å². The van der Waals surface area contributed by atoms with Crippen molar-refractivity contribution in [3.05, 3.63) is 0 Å². The number of amidine groups is 1. The topological polar surface area (TPSA) is 88.2 Å². The average molecular weight is 257 g/mol. The van der Waals surface area contributed by atoms with E-state index in [2.05, 4.69) is 5.16 Å². The van der Waals surface area contributed by atoms with Gasteiger partial charge in [0.25, 0.3) is 0 Å². The third kappa shape index (κ3) is 3.13. The summed E-state index contributed by atoms with van der Waals surface area (Å²) in [5.41, 5.74) is 4.61. The van der Waals surface area contributed by atoms with E-state index in [4.69, 9.17) is 15.7 Å². The molecule has 0 unspecified atom stereocenters. The molecular formula is C12H23N3O3. The highest BCUT2D eigenvalue weighted by Crippen LogP contribution is 2.24. The minimum atomic E-state index is -0.956. The highest BCUT2D eigenvalue weighted by molar-refractivity contribution is 6.05. The Morgan fingerprint density at radius 2 is 2.06 bits per heavy atom. The standard InChI is InChI=1S/C12H23N3O3/c1-12(2,10(13)14-17)11(16)15-6-4-9(5-7-15)8-18-3/h9,17H,4-8H2,1-3H3,(H2,13,14). The van der Waals surface area contributed by atoms with Crippen LogP contribution in [0.3, 0.4) is 0 Å². The van der Waals surface area contributed by atoms with Gasteiger partial charge in [0, 0.05) is 26.8 Å². The third-order valence-corrected chi connectivity index (χ3v) is 3.59. The molecule has 1 aliphatic rings. The molecule has 0 saturated carbocycles. The fourth-order valence-electron chi connectivity index (χ4n) is 2.17. The number of carbonyl (C=O) groups is 1. The molecule has 104 valence electrons. The van der Waals surface area contributed by atoms with Crippen LogP contribution >= 0.6 is 0 Å². The second-order valence-corrected chi connectivity index (χ2v) is 5.30. The quantitative estimate of drug-likeness (QED) is 0.335. The number of nitrogens with zero attached hydrogens (tertiary/aromatic N) is 2. The van der Waals surface area contributed by atoms with Crippen LogP contribution in [0, 0.1) is 11.3 Å². The van der Waals surface area contributed by atoms with E-state index in [9.17, 15) is 4.79 Å². The van der Waals surface area contributed by atoms with Gasteiger partial charge in [-0.1, -0.05) is 5.16 Å². The van der Waals surface area contributed by atoms with Crippen molar-refractivity contribution < 1.29 is 14.7 Å². The Morgan fingerprint density at radius 1 is 1.50 bits per heavy atom. The van der Waals surface area contributed by atoms with Crippen LogP contribution in [-0.4, -0.2) is 48.7 Å². The van der Waals surface area contributed by atoms with Gasteiger partial charge in [-0.25, -0.2) is 0 Å². The Labute approximate surface area is 108 Å². The second-order valence-electron chi connectivity index (χ2n) is 5.30. The highest BCUT2D eigenvalue weighted by atomic mass is 16.5. The largest absolute Gasteiger partial charge is 0.409 e. The highest BCUT2D eigenvalue weighted by Gasteiger charge is 2.37. The molecule has 0 aliphatic carbocycles. The number of nitrogens with two attached hydrogens (primary N) is 1. The van der Waals surface area contributed by atoms with E-state index >= 15 is 0 Å². The van der Waals surface area contributed by atoms with Crippen molar-refractivity contribution in [3.8, 4) is 0 Å². The SMILES string of the molecule is COCC1CCN(C(=O)C(C)(C)C(N)=NO)CC1. The zero-order valence-corrected chi connectivity index (χ0v) is 11.3. The van der Waals surface area contributed by atoms with Crippen molar-refractivity contribution in [2.24, 2.45) is 22.2 Å². The smallest absolute Gasteiger partial charge is 0.235 e. The number of piperidine rings is 1. The predicted molar refractivity (Wildman–Crippen MR) is 68.4 cm³/mol. The number of rotatable bonds is 4. The number of carbonyl (C=O) groups excluding carboxylic acids is 1. The van der Waals surface area contributed by atoms with Crippen LogP contribution in [0.1, 0.15) is 26.7 Å². The predicted octanol–water partition coefficient (Wildman–Crippen LogP) is 0.644. The Bertz CT molecular complexity index is 321. The van der Waals surface area contributed by atoms with Gasteiger partial charge in [0.1, 0.15) is 5.41 Å². The van der Waals surface area contributed by atoms with Gasteiger partial charge < -0.3 is 20.6 Å². The molecule has 0 radical (unpaired) electrons. The van der Waals surface area contributed by atoms with E-state index in [1.165, 1.54) is 0 Å². The number of ether oxygens (including phenoxy) is 1. The van der Waals surface area contributed by atoms with Crippen LogP contribution in [0.2, 0.25) is 0 Å². The zero-order chi connectivity index (χ0) is 13.8. The summed E-state index contributed by atoms with van der Waals surface area (Å²) in [4.78, 5) is 14.1. The number of methoxy groups -OCH3 is 1. The van der Waals surface area contributed by atoms with E-state index in [1.54, 1.807) is 25.9 Å². The maximum Gasteiger partial charge on any atom is 0.235 e. The lowest BCUT2D eigenvalue weighted by atomic mass is 9.88. The second kappa shape index (κ2) is 6.04. The number of likely N-dealkylation sites (tertiary alicyclic amines) is 1. The van der Waals surface area contributed by atoms with Crippen LogP contribution in [0.5, 0.6) is 0 Å². The molecule has 0 aromatic heterocycles. The minimum absolute atomic E-state index is 0.0495. The molecule has 18 heavy (non-hydrogen) atoms. The summed E-state index contributed by atoms with van der Waals surface area (Å²) in [7, 11) is 1.69. The first-order valence-electron chi connectivity index (χ1n) is 6.19. The van der Waals surface area contributed by atoms with Gasteiger partial charge in [0.2, 0.25) is 5.91 Å². The Morgan fingerprint density at radius 3 is 2.50 bits per heavy atom. The van der Waals surface area contributed by atoms with E-state index in [1.807, 2.05) is 0 Å². The van der Waals surface area contributed by atoms with Gasteiger partial charge in [0.05, 0.1) is 0 Å². The van der Waals surface area contributed by atoms with Crippen molar-refractivity contribution in [2.75, 3.05) is 26.8 Å². The summed E-state index contributed by atoms with van der Waals surface area (Å²) >= 11 is 0. The Balaban J connectivity index is 2.60. The summed E-state index contributed by atoms with van der Waals surface area (Å²) in [5, 5.41) is 11.7. The van der Waals surface area contributed by atoms with E-state index < -0.39 is 5.41 Å². The minimum Gasteiger partial charge on any atom is -0.409 e. The molecule has 1 amide bonds. The Kier molecular flexibility index (Phi) is 4.95. The van der Waals surface area contributed by atoms with Gasteiger partial charge in [-0.2, -0.15) is 0 Å². The summed E-state index contributed by atoms with van der Waals surface area (Å²) in [6.07, 6.45) is 1.87. The molecule has 1 fully saturated rings. The zero-order valence-electron chi connectivity index (χ0n) is 11.3. The number of amides is 1. The number of hydrogen-bond acceptors (Lipinski definition) is 4. The van der Waals surface area contributed by atoms with Crippen LogP contribution in [0.15, 0.2) is 5.16 Å². The van der Waals surface area contributed by atoms with Crippen molar-refractivity contribution in [1.29, 1.82) is 0 Å². The number of oxime groups is 1. The van der Waals surface area contributed by atoms with Crippen molar-refractivity contribution in [2.45, 2.75) is 26.7 Å². The number of hydrogen-bond donors (Lipinski definition) is 2. The molecule has 3 N–H and O–H groups in total. The molecule has 0 aromatic carbocycles. The van der Waals surface area contributed by atoms with E-state index in [-0.39, 0.29) is 11.7 Å². The van der Waals surface area contributed by atoms with Crippen LogP contribution in [0.4, 0.5) is 0 Å². The fraction of sp³-hybridized carbons (Fsp3) is 0.833. The van der Waals surface area contributed by atoms with Crippen LogP contribution in [0.25, 0.3) is 0 Å². The van der Waals surface area contributed by atoms with Gasteiger partial charge in [-0.3, -0.25) is 4.79 Å². The van der Waals surface area contributed by atoms with Crippen LogP contribution < -0.4 is 5.73 Å². The summed E-state index contributed by atoms with van der Waals surface area (Å²) in [5.74, 6) is 0.381. The fourth-order valence-corrected chi connectivity index (χ4v) is 2.17. The molecule has 0 aromatic rings. The average Bonchev–Trinajstić information content (AvgIpc) is 2.38. The maximum absolute atomic E-state index is 12.3.